The minimum absolute atomic E-state index is 0.165. The van der Waals surface area contributed by atoms with Crippen molar-refractivity contribution in [1.82, 2.24) is 5.32 Å². The summed E-state index contributed by atoms with van der Waals surface area (Å²) in [6.07, 6.45) is 3.09. The second-order valence-corrected chi connectivity index (χ2v) is 4.77. The molecule has 2 atom stereocenters. The number of halogens is 1. The minimum atomic E-state index is -0.165. The molecule has 1 aromatic rings. The van der Waals surface area contributed by atoms with Gasteiger partial charge in [0.1, 0.15) is 5.82 Å². The number of nitrogens with one attached hydrogen (secondary N) is 1. The molecule has 1 aromatic carbocycles. The fraction of sp³-hybridized carbons (Fsp3) is 0.600. The van der Waals surface area contributed by atoms with E-state index in [9.17, 15) is 4.39 Å². The molecule has 0 aromatic heterocycles. The van der Waals surface area contributed by atoms with Crippen LogP contribution in [0, 0.1) is 5.82 Å². The highest BCUT2D eigenvalue weighted by Gasteiger charge is 2.13. The van der Waals surface area contributed by atoms with Gasteiger partial charge in [-0.05, 0) is 50.4 Å². The van der Waals surface area contributed by atoms with Crippen LogP contribution in [0.4, 0.5) is 4.39 Å². The molecule has 0 saturated carbocycles. The third-order valence-corrected chi connectivity index (χ3v) is 3.07. The standard InChI is InChI=1S/C15H24FNO/c1-4-8-17-15(9-12(2)18-3)11-13-6-5-7-14(16)10-13/h5-7,10,12,15,17H,4,8-9,11H2,1-3H3. The van der Waals surface area contributed by atoms with E-state index in [4.69, 9.17) is 4.74 Å². The largest absolute Gasteiger partial charge is 0.382 e. The van der Waals surface area contributed by atoms with Gasteiger partial charge in [-0.3, -0.25) is 0 Å². The Morgan fingerprint density at radius 3 is 2.78 bits per heavy atom. The van der Waals surface area contributed by atoms with Gasteiger partial charge in [0.25, 0.3) is 0 Å². The molecule has 18 heavy (non-hydrogen) atoms. The molecular weight excluding hydrogens is 229 g/mol. The van der Waals surface area contributed by atoms with E-state index in [0.29, 0.717) is 6.04 Å². The van der Waals surface area contributed by atoms with E-state index in [1.54, 1.807) is 19.2 Å². The van der Waals surface area contributed by atoms with Crippen molar-refractivity contribution in [3.05, 3.63) is 35.6 Å². The Bertz CT molecular complexity index is 343. The Morgan fingerprint density at radius 2 is 2.17 bits per heavy atom. The van der Waals surface area contributed by atoms with Crippen molar-refractivity contribution in [2.24, 2.45) is 0 Å². The average molecular weight is 253 g/mol. The first kappa shape index (κ1) is 15.1. The van der Waals surface area contributed by atoms with Crippen molar-refractivity contribution < 1.29 is 9.13 Å². The zero-order valence-corrected chi connectivity index (χ0v) is 11.6. The summed E-state index contributed by atoms with van der Waals surface area (Å²) in [7, 11) is 1.73. The molecule has 1 N–H and O–H groups in total. The van der Waals surface area contributed by atoms with Crippen molar-refractivity contribution in [2.75, 3.05) is 13.7 Å². The summed E-state index contributed by atoms with van der Waals surface area (Å²) < 4.78 is 18.5. The van der Waals surface area contributed by atoms with Crippen molar-refractivity contribution >= 4 is 0 Å². The van der Waals surface area contributed by atoms with E-state index < -0.39 is 0 Å². The van der Waals surface area contributed by atoms with Crippen LogP contribution in [0.15, 0.2) is 24.3 Å². The Hall–Kier alpha value is -0.930. The van der Waals surface area contributed by atoms with E-state index in [0.717, 1.165) is 31.4 Å². The van der Waals surface area contributed by atoms with Gasteiger partial charge in [0, 0.05) is 13.2 Å². The van der Waals surface area contributed by atoms with Gasteiger partial charge in [-0.1, -0.05) is 19.1 Å². The van der Waals surface area contributed by atoms with Gasteiger partial charge in [0.05, 0.1) is 6.10 Å². The summed E-state index contributed by atoms with van der Waals surface area (Å²) in [5.41, 5.74) is 1.03. The van der Waals surface area contributed by atoms with Crippen LogP contribution in [0.5, 0.6) is 0 Å². The summed E-state index contributed by atoms with van der Waals surface area (Å²) in [6, 6.07) is 7.16. The van der Waals surface area contributed by atoms with Gasteiger partial charge in [-0.2, -0.15) is 0 Å². The third-order valence-electron chi connectivity index (χ3n) is 3.07. The number of methoxy groups -OCH3 is 1. The Labute approximate surface area is 110 Å². The first-order valence-corrected chi connectivity index (χ1v) is 6.66. The predicted molar refractivity (Wildman–Crippen MR) is 73.3 cm³/mol. The molecule has 0 spiro atoms. The fourth-order valence-electron chi connectivity index (χ4n) is 2.03. The molecule has 2 unspecified atom stereocenters. The normalized spacial score (nSPS) is 14.4. The lowest BCUT2D eigenvalue weighted by molar-refractivity contribution is 0.100. The molecule has 0 heterocycles. The molecule has 0 fully saturated rings. The topological polar surface area (TPSA) is 21.3 Å². The first-order valence-electron chi connectivity index (χ1n) is 6.66. The highest BCUT2D eigenvalue weighted by Crippen LogP contribution is 2.11. The highest BCUT2D eigenvalue weighted by atomic mass is 19.1. The van der Waals surface area contributed by atoms with Gasteiger partial charge < -0.3 is 10.1 Å². The average Bonchev–Trinajstić information content (AvgIpc) is 2.35. The van der Waals surface area contributed by atoms with Crippen LogP contribution < -0.4 is 5.32 Å². The van der Waals surface area contributed by atoms with Gasteiger partial charge >= 0.3 is 0 Å². The van der Waals surface area contributed by atoms with Gasteiger partial charge in [0.15, 0.2) is 0 Å². The molecule has 102 valence electrons. The molecule has 2 nitrogen and oxygen atoms in total. The maximum atomic E-state index is 13.2. The van der Waals surface area contributed by atoms with E-state index in [1.807, 2.05) is 6.07 Å². The fourth-order valence-corrected chi connectivity index (χ4v) is 2.03. The molecule has 0 amide bonds. The van der Waals surface area contributed by atoms with E-state index in [1.165, 1.54) is 6.07 Å². The Morgan fingerprint density at radius 1 is 1.39 bits per heavy atom. The van der Waals surface area contributed by atoms with E-state index in [-0.39, 0.29) is 11.9 Å². The Kier molecular flexibility index (Phi) is 6.91. The molecule has 0 aliphatic carbocycles. The van der Waals surface area contributed by atoms with Gasteiger partial charge in [-0.25, -0.2) is 4.39 Å². The minimum Gasteiger partial charge on any atom is -0.382 e. The maximum Gasteiger partial charge on any atom is 0.123 e. The summed E-state index contributed by atoms with van der Waals surface area (Å²) in [6.45, 7) is 5.19. The van der Waals surface area contributed by atoms with Gasteiger partial charge in [0.2, 0.25) is 0 Å². The smallest absolute Gasteiger partial charge is 0.123 e. The van der Waals surface area contributed by atoms with Crippen molar-refractivity contribution in [3.63, 3.8) is 0 Å². The zero-order chi connectivity index (χ0) is 13.4. The monoisotopic (exact) mass is 253 g/mol. The van der Waals surface area contributed by atoms with Crippen LogP contribution in [0.1, 0.15) is 32.3 Å². The van der Waals surface area contributed by atoms with Crippen LogP contribution in [0.3, 0.4) is 0 Å². The number of ether oxygens (including phenoxy) is 1. The summed E-state index contributed by atoms with van der Waals surface area (Å²) in [5, 5.41) is 3.50. The van der Waals surface area contributed by atoms with E-state index >= 15 is 0 Å². The molecule has 3 heteroatoms. The molecule has 0 aliphatic heterocycles. The van der Waals surface area contributed by atoms with Crippen molar-refractivity contribution in [3.8, 4) is 0 Å². The summed E-state index contributed by atoms with van der Waals surface area (Å²) in [5.74, 6) is -0.165. The number of hydrogen-bond acceptors (Lipinski definition) is 2. The van der Waals surface area contributed by atoms with Crippen LogP contribution in [-0.2, 0) is 11.2 Å². The van der Waals surface area contributed by atoms with Crippen LogP contribution in [0.25, 0.3) is 0 Å². The number of hydrogen-bond donors (Lipinski definition) is 1. The van der Waals surface area contributed by atoms with Crippen LogP contribution in [0.2, 0.25) is 0 Å². The summed E-state index contributed by atoms with van der Waals surface area (Å²) in [4.78, 5) is 0. The maximum absolute atomic E-state index is 13.2. The third kappa shape index (κ3) is 5.61. The molecule has 0 bridgehead atoms. The molecule has 0 aliphatic rings. The second kappa shape index (κ2) is 8.22. The van der Waals surface area contributed by atoms with Crippen LogP contribution >= 0.6 is 0 Å². The zero-order valence-electron chi connectivity index (χ0n) is 11.6. The molecule has 1 rings (SSSR count). The Balaban J connectivity index is 2.59. The van der Waals surface area contributed by atoms with Crippen molar-refractivity contribution in [2.45, 2.75) is 45.3 Å². The SMILES string of the molecule is CCCNC(Cc1cccc(F)c1)CC(C)OC. The molecular formula is C15H24FNO. The lowest BCUT2D eigenvalue weighted by Crippen LogP contribution is -2.35. The molecule has 0 radical (unpaired) electrons. The van der Waals surface area contributed by atoms with Crippen molar-refractivity contribution in [1.29, 1.82) is 0 Å². The quantitative estimate of drug-likeness (QED) is 0.768. The lowest BCUT2D eigenvalue weighted by Gasteiger charge is -2.21. The van der Waals surface area contributed by atoms with E-state index in [2.05, 4.69) is 19.2 Å². The second-order valence-electron chi connectivity index (χ2n) is 4.77. The lowest BCUT2D eigenvalue weighted by atomic mass is 10.0. The first-order chi connectivity index (χ1) is 8.65. The highest BCUT2D eigenvalue weighted by molar-refractivity contribution is 5.17. The molecule has 0 saturated heterocycles. The van der Waals surface area contributed by atoms with Gasteiger partial charge in [-0.15, -0.1) is 0 Å². The summed E-state index contributed by atoms with van der Waals surface area (Å²) >= 11 is 0. The number of benzene rings is 1. The predicted octanol–water partition coefficient (Wildman–Crippen LogP) is 3.16. The number of rotatable bonds is 8. The van der Waals surface area contributed by atoms with Crippen LogP contribution in [-0.4, -0.2) is 25.8 Å².